The van der Waals surface area contributed by atoms with Gasteiger partial charge in [-0.25, -0.2) is 4.79 Å². The second kappa shape index (κ2) is 20.4. The van der Waals surface area contributed by atoms with Crippen LogP contribution in [0.2, 0.25) is 0 Å². The molecule has 9 nitrogen and oxygen atoms in total. The van der Waals surface area contributed by atoms with E-state index in [0.29, 0.717) is 74.9 Å². The van der Waals surface area contributed by atoms with Gasteiger partial charge in [0.25, 0.3) is 0 Å². The van der Waals surface area contributed by atoms with Crippen molar-refractivity contribution >= 4 is 17.6 Å². The lowest BCUT2D eigenvalue weighted by molar-refractivity contribution is -0.121. The zero-order chi connectivity index (χ0) is 30.6. The summed E-state index contributed by atoms with van der Waals surface area (Å²) in [5.41, 5.74) is 7.63. The summed E-state index contributed by atoms with van der Waals surface area (Å²) in [5, 5.41) is 13.2. The van der Waals surface area contributed by atoms with Crippen LogP contribution < -0.4 is 20.5 Å². The number of phenolic OH excluding ortho intramolecular Hbond substituents is 1. The summed E-state index contributed by atoms with van der Waals surface area (Å²) in [4.78, 5) is 27.0. The number of nitrogens with zero attached hydrogens (tertiary/aromatic N) is 1. The van der Waals surface area contributed by atoms with Crippen molar-refractivity contribution in [3.63, 3.8) is 0 Å². The average molecular weight is 586 g/mol. The van der Waals surface area contributed by atoms with Gasteiger partial charge in [0.1, 0.15) is 17.9 Å². The van der Waals surface area contributed by atoms with Gasteiger partial charge in [0.2, 0.25) is 5.91 Å². The Hall–Kier alpha value is -3.46. The Morgan fingerprint density at radius 3 is 2.24 bits per heavy atom. The first kappa shape index (κ1) is 34.7. The predicted molar refractivity (Wildman–Crippen MR) is 167 cm³/mol. The minimum absolute atomic E-state index is 0.0391. The minimum Gasteiger partial charge on any atom is -0.504 e. The predicted octanol–water partition coefficient (Wildman–Crippen LogP) is 6.08. The molecule has 1 amide bonds. The molecule has 2 aromatic carbocycles. The second-order valence-electron chi connectivity index (χ2n) is 10.4. The van der Waals surface area contributed by atoms with Gasteiger partial charge in [-0.05, 0) is 62.2 Å². The lowest BCUT2D eigenvalue weighted by Gasteiger charge is -2.18. The van der Waals surface area contributed by atoms with Crippen molar-refractivity contribution in [3.8, 4) is 17.2 Å². The van der Waals surface area contributed by atoms with Gasteiger partial charge in [-0.2, -0.15) is 0 Å². The third-order valence-electron chi connectivity index (χ3n) is 7.09. The SMILES string of the molecule is CCCCCCCCC(=O)NCc1ccc(O)c(OCCCCOc2cc(N)ccc2C(=O)OCCN(CC)CC)c1. The fourth-order valence-corrected chi connectivity index (χ4v) is 4.42. The Labute approximate surface area is 251 Å². The van der Waals surface area contributed by atoms with Gasteiger partial charge >= 0.3 is 5.97 Å². The van der Waals surface area contributed by atoms with Crippen molar-refractivity contribution in [1.29, 1.82) is 0 Å². The molecule has 0 unspecified atom stereocenters. The van der Waals surface area contributed by atoms with Crippen LogP contribution in [0, 0.1) is 0 Å². The molecule has 0 fully saturated rings. The highest BCUT2D eigenvalue weighted by molar-refractivity contribution is 5.93. The van der Waals surface area contributed by atoms with Crippen molar-refractivity contribution in [2.24, 2.45) is 0 Å². The van der Waals surface area contributed by atoms with Gasteiger partial charge in [0.05, 0.1) is 13.2 Å². The van der Waals surface area contributed by atoms with Crippen LogP contribution in [0.25, 0.3) is 0 Å². The summed E-state index contributed by atoms with van der Waals surface area (Å²) in [6.45, 7) is 10.2. The number of hydrogen-bond donors (Lipinski definition) is 3. The molecular formula is C33H51N3O6. The largest absolute Gasteiger partial charge is 0.504 e. The van der Waals surface area contributed by atoms with Crippen LogP contribution in [0.1, 0.15) is 94.5 Å². The van der Waals surface area contributed by atoms with Gasteiger partial charge in [0.15, 0.2) is 11.5 Å². The monoisotopic (exact) mass is 585 g/mol. The number of amides is 1. The molecule has 0 aliphatic rings. The molecule has 9 heteroatoms. The van der Waals surface area contributed by atoms with Crippen molar-refractivity contribution in [2.75, 3.05) is 45.2 Å². The van der Waals surface area contributed by atoms with Gasteiger partial charge < -0.3 is 35.3 Å². The van der Waals surface area contributed by atoms with E-state index in [4.69, 9.17) is 19.9 Å². The zero-order valence-corrected chi connectivity index (χ0v) is 25.8. The number of likely N-dealkylation sites (N-methyl/N-ethyl adjacent to an activating group) is 1. The van der Waals surface area contributed by atoms with Gasteiger partial charge in [0, 0.05) is 31.3 Å². The van der Waals surface area contributed by atoms with E-state index in [2.05, 4.69) is 31.0 Å². The van der Waals surface area contributed by atoms with Crippen molar-refractivity contribution < 1.29 is 28.9 Å². The van der Waals surface area contributed by atoms with Crippen LogP contribution in [-0.4, -0.2) is 61.3 Å². The van der Waals surface area contributed by atoms with E-state index < -0.39 is 5.97 Å². The molecule has 0 heterocycles. The first-order valence-electron chi connectivity index (χ1n) is 15.5. The Kier molecular flexibility index (Phi) is 16.9. The van der Waals surface area contributed by atoms with Crippen LogP contribution in [0.5, 0.6) is 17.2 Å². The number of phenols is 1. The Bertz CT molecular complexity index is 1070. The van der Waals surface area contributed by atoms with E-state index in [1.807, 2.05) is 0 Å². The Morgan fingerprint density at radius 1 is 0.833 bits per heavy atom. The quantitative estimate of drug-likeness (QED) is 0.0863. The summed E-state index contributed by atoms with van der Waals surface area (Å²) in [5.74, 6) is 0.431. The highest BCUT2D eigenvalue weighted by Gasteiger charge is 2.15. The molecule has 2 rings (SSSR count). The number of anilines is 1. The topological polar surface area (TPSA) is 123 Å². The first-order chi connectivity index (χ1) is 20.4. The van der Waals surface area contributed by atoms with E-state index in [9.17, 15) is 14.7 Å². The highest BCUT2D eigenvalue weighted by atomic mass is 16.5. The van der Waals surface area contributed by atoms with Crippen molar-refractivity contribution in [2.45, 2.75) is 85.1 Å². The third-order valence-corrected chi connectivity index (χ3v) is 7.09. The molecule has 0 bridgehead atoms. The van der Waals surface area contributed by atoms with E-state index in [-0.39, 0.29) is 11.7 Å². The number of hydrogen-bond acceptors (Lipinski definition) is 8. The van der Waals surface area contributed by atoms with Crippen LogP contribution in [-0.2, 0) is 16.1 Å². The number of ether oxygens (including phenoxy) is 3. The Morgan fingerprint density at radius 2 is 1.52 bits per heavy atom. The molecule has 42 heavy (non-hydrogen) atoms. The number of rotatable bonds is 22. The maximum Gasteiger partial charge on any atom is 0.341 e. The fraction of sp³-hybridized carbons (Fsp3) is 0.576. The summed E-state index contributed by atoms with van der Waals surface area (Å²) < 4.78 is 17.1. The number of unbranched alkanes of at least 4 members (excludes halogenated alkanes) is 6. The molecule has 0 aliphatic heterocycles. The molecule has 0 radical (unpaired) electrons. The molecule has 2 aromatic rings. The van der Waals surface area contributed by atoms with Gasteiger partial charge in [-0.3, -0.25) is 4.79 Å². The molecule has 0 atom stereocenters. The average Bonchev–Trinajstić information content (AvgIpc) is 2.99. The number of nitrogens with two attached hydrogens (primary N) is 1. The van der Waals surface area contributed by atoms with Crippen LogP contribution in [0.15, 0.2) is 36.4 Å². The number of carbonyl (C=O) groups excluding carboxylic acids is 2. The lowest BCUT2D eigenvalue weighted by Crippen LogP contribution is -2.28. The van der Waals surface area contributed by atoms with E-state index in [1.54, 1.807) is 36.4 Å². The maximum atomic E-state index is 12.6. The van der Waals surface area contributed by atoms with E-state index in [0.717, 1.165) is 31.5 Å². The zero-order valence-electron chi connectivity index (χ0n) is 25.8. The van der Waals surface area contributed by atoms with Crippen molar-refractivity contribution in [1.82, 2.24) is 10.2 Å². The summed E-state index contributed by atoms with van der Waals surface area (Å²) in [6.07, 6.45) is 8.75. The first-order valence-corrected chi connectivity index (χ1v) is 15.5. The third kappa shape index (κ3) is 13.5. The molecule has 0 aromatic heterocycles. The van der Waals surface area contributed by atoms with Crippen LogP contribution in [0.4, 0.5) is 5.69 Å². The standard InChI is InChI=1S/C33H51N3O6/c1-4-7-8-9-10-11-14-32(38)35-25-26-15-18-29(37)31(23-26)41-21-13-12-20-40-30-24-27(34)16-17-28(30)33(39)42-22-19-36(5-2)6-3/h15-18,23-24,37H,4-14,19-22,25,34H2,1-3H3,(H,35,38). The number of esters is 1. The Balaban J connectivity index is 1.72. The summed E-state index contributed by atoms with van der Waals surface area (Å²) in [6, 6.07) is 10.0. The molecule has 0 aliphatic carbocycles. The number of benzene rings is 2. The minimum atomic E-state index is -0.436. The summed E-state index contributed by atoms with van der Waals surface area (Å²) in [7, 11) is 0. The van der Waals surface area contributed by atoms with Gasteiger partial charge in [-0.15, -0.1) is 0 Å². The lowest BCUT2D eigenvalue weighted by atomic mass is 10.1. The van der Waals surface area contributed by atoms with Crippen LogP contribution >= 0.6 is 0 Å². The summed E-state index contributed by atoms with van der Waals surface area (Å²) >= 11 is 0. The smallest absolute Gasteiger partial charge is 0.341 e. The second-order valence-corrected chi connectivity index (χ2v) is 10.4. The molecule has 234 valence electrons. The van der Waals surface area contributed by atoms with Crippen molar-refractivity contribution in [3.05, 3.63) is 47.5 Å². The molecule has 0 saturated heterocycles. The maximum absolute atomic E-state index is 12.6. The van der Waals surface area contributed by atoms with E-state index >= 15 is 0 Å². The molecular weight excluding hydrogens is 534 g/mol. The number of nitrogen functional groups attached to an aromatic ring is 1. The molecule has 0 saturated carbocycles. The normalized spacial score (nSPS) is 11.0. The molecule has 4 N–H and O–H groups in total. The fourth-order valence-electron chi connectivity index (χ4n) is 4.42. The highest BCUT2D eigenvalue weighted by Crippen LogP contribution is 2.27. The number of nitrogens with one attached hydrogen (secondary N) is 1. The van der Waals surface area contributed by atoms with Crippen LogP contribution in [0.3, 0.4) is 0 Å². The number of carbonyl (C=O) groups is 2. The molecule has 0 spiro atoms. The van der Waals surface area contributed by atoms with Gasteiger partial charge in [-0.1, -0.05) is 58.9 Å². The number of aromatic hydroxyl groups is 1. The van der Waals surface area contributed by atoms with E-state index in [1.165, 1.54) is 25.7 Å².